The van der Waals surface area contributed by atoms with Gasteiger partial charge in [-0.1, -0.05) is 12.1 Å². The molecular formula is C16H18N6O3S. The lowest BCUT2D eigenvalue weighted by Gasteiger charge is -2.07. The molecule has 1 amide bonds. The summed E-state index contributed by atoms with van der Waals surface area (Å²) in [7, 11) is -3.78. The standard InChI is InChI=1S/C16H18N6O3S/c17-26(24,25)15-11-20-21(12-15)9-6-16(23)18-10-13-2-4-14(5-3-13)22-8-1-7-19-22/h1-5,7-8,11-12H,6,9-10H2,(H,18,23)(H2,17,24,25). The normalized spacial score (nSPS) is 11.4. The first-order valence-corrected chi connectivity index (χ1v) is 9.37. The second-order valence-electron chi connectivity index (χ2n) is 5.63. The van der Waals surface area contributed by atoms with Crippen LogP contribution in [0.25, 0.3) is 5.69 Å². The van der Waals surface area contributed by atoms with Gasteiger partial charge in [-0.05, 0) is 23.8 Å². The number of nitrogens with two attached hydrogens (primary N) is 1. The van der Waals surface area contributed by atoms with E-state index in [0.717, 1.165) is 17.4 Å². The number of benzene rings is 1. The largest absolute Gasteiger partial charge is 0.352 e. The Morgan fingerprint density at radius 2 is 1.96 bits per heavy atom. The highest BCUT2D eigenvalue weighted by atomic mass is 32.2. The van der Waals surface area contributed by atoms with Crippen molar-refractivity contribution >= 4 is 15.9 Å². The lowest BCUT2D eigenvalue weighted by molar-refractivity contribution is -0.121. The molecule has 0 spiro atoms. The van der Waals surface area contributed by atoms with E-state index in [1.165, 1.54) is 10.9 Å². The number of carbonyl (C=O) groups excluding carboxylic acids is 1. The van der Waals surface area contributed by atoms with Gasteiger partial charge < -0.3 is 5.32 Å². The molecule has 10 heteroatoms. The van der Waals surface area contributed by atoms with Crippen molar-refractivity contribution in [3.8, 4) is 5.69 Å². The first-order valence-electron chi connectivity index (χ1n) is 7.83. The molecule has 2 aromatic heterocycles. The Bertz CT molecular complexity index is 977. The predicted molar refractivity (Wildman–Crippen MR) is 93.6 cm³/mol. The van der Waals surface area contributed by atoms with Gasteiger partial charge in [0.05, 0.1) is 11.9 Å². The highest BCUT2D eigenvalue weighted by Crippen LogP contribution is 2.09. The van der Waals surface area contributed by atoms with Crippen molar-refractivity contribution in [2.75, 3.05) is 0 Å². The third-order valence-electron chi connectivity index (χ3n) is 3.70. The minimum absolute atomic E-state index is 0.0739. The summed E-state index contributed by atoms with van der Waals surface area (Å²) < 4.78 is 25.5. The third kappa shape index (κ3) is 4.55. The van der Waals surface area contributed by atoms with Crippen LogP contribution in [0.5, 0.6) is 0 Å². The Morgan fingerprint density at radius 1 is 1.19 bits per heavy atom. The highest BCUT2D eigenvalue weighted by molar-refractivity contribution is 7.89. The topological polar surface area (TPSA) is 125 Å². The molecule has 3 aromatic rings. The zero-order valence-electron chi connectivity index (χ0n) is 13.8. The van der Waals surface area contributed by atoms with Gasteiger partial charge in [-0.3, -0.25) is 9.48 Å². The maximum atomic E-state index is 11.9. The molecule has 0 radical (unpaired) electrons. The lowest BCUT2D eigenvalue weighted by atomic mass is 10.2. The number of amides is 1. The first kappa shape index (κ1) is 17.8. The van der Waals surface area contributed by atoms with E-state index in [4.69, 9.17) is 5.14 Å². The van der Waals surface area contributed by atoms with E-state index in [2.05, 4.69) is 15.5 Å². The van der Waals surface area contributed by atoms with E-state index in [1.54, 1.807) is 10.9 Å². The molecule has 26 heavy (non-hydrogen) atoms. The number of rotatable bonds is 7. The van der Waals surface area contributed by atoms with Gasteiger partial charge in [-0.15, -0.1) is 0 Å². The molecule has 136 valence electrons. The van der Waals surface area contributed by atoms with Crippen molar-refractivity contribution in [2.45, 2.75) is 24.4 Å². The Hall–Kier alpha value is -2.98. The lowest BCUT2D eigenvalue weighted by Crippen LogP contribution is -2.24. The molecule has 1 aromatic carbocycles. The molecule has 0 atom stereocenters. The van der Waals surface area contributed by atoms with E-state index in [9.17, 15) is 13.2 Å². The van der Waals surface area contributed by atoms with Crippen molar-refractivity contribution in [3.05, 3.63) is 60.7 Å². The third-order valence-corrected chi connectivity index (χ3v) is 4.57. The van der Waals surface area contributed by atoms with Gasteiger partial charge in [0.15, 0.2) is 0 Å². The number of nitrogens with zero attached hydrogens (tertiary/aromatic N) is 4. The number of primary sulfonamides is 1. The molecule has 3 rings (SSSR count). The van der Waals surface area contributed by atoms with Crippen LogP contribution in [0.3, 0.4) is 0 Å². The van der Waals surface area contributed by atoms with Gasteiger partial charge in [0.1, 0.15) is 4.90 Å². The van der Waals surface area contributed by atoms with Gasteiger partial charge in [-0.2, -0.15) is 10.2 Å². The van der Waals surface area contributed by atoms with Crippen molar-refractivity contribution in [2.24, 2.45) is 5.14 Å². The molecule has 2 heterocycles. The molecule has 0 unspecified atom stereocenters. The molecule has 9 nitrogen and oxygen atoms in total. The smallest absolute Gasteiger partial charge is 0.241 e. The van der Waals surface area contributed by atoms with Crippen LogP contribution in [-0.2, 0) is 27.9 Å². The van der Waals surface area contributed by atoms with Crippen LogP contribution >= 0.6 is 0 Å². The Labute approximate surface area is 150 Å². The van der Waals surface area contributed by atoms with E-state index in [-0.39, 0.29) is 23.8 Å². The highest BCUT2D eigenvalue weighted by Gasteiger charge is 2.11. The molecule has 0 saturated carbocycles. The summed E-state index contributed by atoms with van der Waals surface area (Å²) >= 11 is 0. The van der Waals surface area contributed by atoms with Crippen LogP contribution in [0, 0.1) is 0 Å². The number of carbonyl (C=O) groups is 1. The number of sulfonamides is 1. The van der Waals surface area contributed by atoms with Crippen LogP contribution in [0.1, 0.15) is 12.0 Å². The number of aromatic nitrogens is 4. The summed E-state index contributed by atoms with van der Waals surface area (Å²) in [5.74, 6) is -0.159. The van der Waals surface area contributed by atoms with Crippen LogP contribution in [0.4, 0.5) is 0 Å². The van der Waals surface area contributed by atoms with E-state index >= 15 is 0 Å². The summed E-state index contributed by atoms with van der Waals surface area (Å²) in [6.45, 7) is 0.666. The minimum Gasteiger partial charge on any atom is -0.352 e. The van der Waals surface area contributed by atoms with Gasteiger partial charge in [0.25, 0.3) is 0 Å². The summed E-state index contributed by atoms with van der Waals surface area (Å²) in [5.41, 5.74) is 1.90. The fourth-order valence-corrected chi connectivity index (χ4v) is 2.77. The average molecular weight is 374 g/mol. The monoisotopic (exact) mass is 374 g/mol. The fraction of sp³-hybridized carbons (Fsp3) is 0.188. The predicted octanol–water partition coefficient (Wildman–Crippen LogP) is 0.423. The second kappa shape index (κ2) is 7.50. The molecule has 0 saturated heterocycles. The van der Waals surface area contributed by atoms with Crippen LogP contribution < -0.4 is 10.5 Å². The number of hydrogen-bond acceptors (Lipinski definition) is 5. The van der Waals surface area contributed by atoms with Gasteiger partial charge in [0.2, 0.25) is 15.9 Å². The SMILES string of the molecule is NS(=O)(=O)c1cnn(CCC(=O)NCc2ccc(-n3cccn3)cc2)c1. The zero-order chi connectivity index (χ0) is 18.6. The van der Waals surface area contributed by atoms with E-state index in [0.29, 0.717) is 6.54 Å². The second-order valence-corrected chi connectivity index (χ2v) is 7.19. The van der Waals surface area contributed by atoms with Crippen LogP contribution in [0.15, 0.2) is 60.0 Å². The molecule has 0 aliphatic heterocycles. The number of hydrogen-bond donors (Lipinski definition) is 2. The summed E-state index contributed by atoms with van der Waals surface area (Å²) in [6.07, 6.45) is 6.20. The molecule has 0 fully saturated rings. The molecular weight excluding hydrogens is 356 g/mol. The van der Waals surface area contributed by atoms with E-state index in [1.807, 2.05) is 36.5 Å². The van der Waals surface area contributed by atoms with E-state index < -0.39 is 10.0 Å². The summed E-state index contributed by atoms with van der Waals surface area (Å²) in [4.78, 5) is 11.9. The maximum Gasteiger partial charge on any atom is 0.241 e. The number of nitrogens with one attached hydrogen (secondary N) is 1. The average Bonchev–Trinajstić information content (AvgIpc) is 3.29. The van der Waals surface area contributed by atoms with Crippen molar-refractivity contribution in [3.63, 3.8) is 0 Å². The van der Waals surface area contributed by atoms with Crippen LogP contribution in [-0.4, -0.2) is 33.9 Å². The molecule has 0 aliphatic carbocycles. The van der Waals surface area contributed by atoms with Gasteiger partial charge in [-0.25, -0.2) is 18.2 Å². The molecule has 0 aliphatic rings. The Kier molecular flexibility index (Phi) is 5.14. The van der Waals surface area contributed by atoms with Crippen molar-refractivity contribution < 1.29 is 13.2 Å². The van der Waals surface area contributed by atoms with Gasteiger partial charge >= 0.3 is 0 Å². The van der Waals surface area contributed by atoms with Crippen molar-refractivity contribution in [1.29, 1.82) is 0 Å². The molecule has 3 N–H and O–H groups in total. The summed E-state index contributed by atoms with van der Waals surface area (Å²) in [5, 5.41) is 15.9. The zero-order valence-corrected chi connectivity index (χ0v) is 14.6. The first-order chi connectivity index (χ1) is 12.4. The summed E-state index contributed by atoms with van der Waals surface area (Å²) in [6, 6.07) is 9.53. The van der Waals surface area contributed by atoms with Gasteiger partial charge in [0, 0.05) is 38.1 Å². The Morgan fingerprint density at radius 3 is 2.58 bits per heavy atom. The van der Waals surface area contributed by atoms with Crippen molar-refractivity contribution in [1.82, 2.24) is 24.9 Å². The van der Waals surface area contributed by atoms with Crippen LogP contribution in [0.2, 0.25) is 0 Å². The fourth-order valence-electron chi connectivity index (χ4n) is 2.31. The minimum atomic E-state index is -3.78. The quantitative estimate of drug-likeness (QED) is 0.620. The molecule has 0 bridgehead atoms. The Balaban J connectivity index is 1.47. The maximum absolute atomic E-state index is 11.9. The number of aryl methyl sites for hydroxylation is 1.